The number of imidazole rings is 1. The van der Waals surface area contributed by atoms with E-state index in [2.05, 4.69) is 26.8 Å². The summed E-state index contributed by atoms with van der Waals surface area (Å²) in [6.07, 6.45) is 7.97. The van der Waals surface area contributed by atoms with Crippen molar-refractivity contribution in [3.63, 3.8) is 0 Å². The van der Waals surface area contributed by atoms with E-state index >= 15 is 0 Å². The molecule has 0 radical (unpaired) electrons. The van der Waals surface area contributed by atoms with Crippen LogP contribution >= 0.6 is 11.3 Å². The number of benzene rings is 1. The Morgan fingerprint density at radius 3 is 2.46 bits per heavy atom. The number of piperidine rings is 1. The lowest BCUT2D eigenvalue weighted by Crippen LogP contribution is -2.43. The number of hydrogen-bond donors (Lipinski definition) is 2. The number of fused-ring (bicyclic) bond motifs is 1. The number of aromatic nitrogens is 5. The molecule has 0 saturated carbocycles. The molecule has 1 aromatic carbocycles. The van der Waals surface area contributed by atoms with Gasteiger partial charge in [0.25, 0.3) is 0 Å². The largest absolute Gasteiger partial charge is 0.481 e. The van der Waals surface area contributed by atoms with E-state index in [-0.39, 0.29) is 0 Å². The second-order valence-electron chi connectivity index (χ2n) is 9.72. The number of rotatable bonds is 5. The molecule has 2 amide bonds. The Bertz CT molecular complexity index is 1610. The molecule has 1 aliphatic rings. The summed E-state index contributed by atoms with van der Waals surface area (Å²) < 4.78 is 2.68. The minimum atomic E-state index is -0.765. The number of thiazole rings is 1. The van der Waals surface area contributed by atoms with E-state index in [1.165, 1.54) is 16.2 Å². The molecule has 5 rings (SSSR count). The molecular weight excluding hydrogens is 516 g/mol. The molecule has 4 aromatic rings. The van der Waals surface area contributed by atoms with Gasteiger partial charge in [0.15, 0.2) is 5.13 Å². The fourth-order valence-corrected chi connectivity index (χ4v) is 5.52. The van der Waals surface area contributed by atoms with Gasteiger partial charge < -0.3 is 20.3 Å². The topological polar surface area (TPSA) is 143 Å². The predicted molar refractivity (Wildman–Crippen MR) is 150 cm³/mol. The van der Waals surface area contributed by atoms with Crippen molar-refractivity contribution in [3.05, 3.63) is 48.3 Å². The molecule has 3 N–H and O–H groups in total. The van der Waals surface area contributed by atoms with Crippen LogP contribution in [0.1, 0.15) is 37.9 Å². The molecule has 12 heteroatoms. The number of nitrogens with zero attached hydrogens (tertiary/aromatic N) is 7. The Morgan fingerprint density at radius 2 is 1.87 bits per heavy atom. The van der Waals surface area contributed by atoms with Crippen LogP contribution in [0.3, 0.4) is 0 Å². The highest BCUT2D eigenvalue weighted by Crippen LogP contribution is 2.36. The lowest BCUT2D eigenvalue weighted by Gasteiger charge is -2.36. The van der Waals surface area contributed by atoms with E-state index in [1.807, 2.05) is 35.6 Å². The average Bonchev–Trinajstić information content (AvgIpc) is 3.53. The van der Waals surface area contributed by atoms with E-state index in [4.69, 9.17) is 10.7 Å². The third kappa shape index (κ3) is 5.13. The average molecular weight is 545 g/mol. The summed E-state index contributed by atoms with van der Waals surface area (Å²) in [4.78, 5) is 44.9. The number of aryl methyl sites for hydroxylation is 1. The second-order valence-corrected chi connectivity index (χ2v) is 10.7. The van der Waals surface area contributed by atoms with Crippen LogP contribution < -0.4 is 15.5 Å². The first-order chi connectivity index (χ1) is 18.7. The third-order valence-corrected chi connectivity index (χ3v) is 8.20. The van der Waals surface area contributed by atoms with Gasteiger partial charge >= 0.3 is 12.0 Å². The molecule has 1 fully saturated rings. The van der Waals surface area contributed by atoms with Crippen LogP contribution in [0, 0.1) is 17.3 Å². The van der Waals surface area contributed by atoms with Crippen LogP contribution in [0.25, 0.3) is 21.3 Å². The van der Waals surface area contributed by atoms with Gasteiger partial charge in [0.1, 0.15) is 5.69 Å². The highest BCUT2D eigenvalue weighted by atomic mass is 32.1. The summed E-state index contributed by atoms with van der Waals surface area (Å²) in [6.45, 7) is 5.19. The van der Waals surface area contributed by atoms with Crippen molar-refractivity contribution >= 4 is 44.6 Å². The fourth-order valence-electron chi connectivity index (χ4n) is 4.44. The maximum Gasteiger partial charge on any atom is 0.321 e. The van der Waals surface area contributed by atoms with Crippen LogP contribution in [-0.2, 0) is 11.8 Å². The fraction of sp³-hybridized carbons (Fsp3) is 0.333. The van der Waals surface area contributed by atoms with Gasteiger partial charge in [-0.05, 0) is 50.3 Å². The van der Waals surface area contributed by atoms with E-state index in [0.29, 0.717) is 49.1 Å². The smallest absolute Gasteiger partial charge is 0.321 e. The highest BCUT2D eigenvalue weighted by Gasteiger charge is 2.37. The summed E-state index contributed by atoms with van der Waals surface area (Å²) in [5.41, 5.74) is 8.68. The van der Waals surface area contributed by atoms with Gasteiger partial charge in [-0.3, -0.25) is 9.69 Å². The van der Waals surface area contributed by atoms with Crippen molar-refractivity contribution in [1.29, 1.82) is 0 Å². The quantitative estimate of drug-likeness (QED) is 0.364. The maximum absolute atomic E-state index is 12.0. The molecule has 0 unspecified atom stereocenters. The summed E-state index contributed by atoms with van der Waals surface area (Å²) in [6, 6.07) is 3.33. The van der Waals surface area contributed by atoms with Gasteiger partial charge in [-0.15, -0.1) is 0 Å². The minimum absolute atomic E-state index is 0.398. The number of amides is 2. The number of aliphatic carboxylic acids is 1. The molecule has 0 bridgehead atoms. The monoisotopic (exact) mass is 544 g/mol. The van der Waals surface area contributed by atoms with Gasteiger partial charge in [-0.25, -0.2) is 24.7 Å². The number of urea groups is 1. The molecule has 39 heavy (non-hydrogen) atoms. The molecule has 0 aliphatic carbocycles. The number of carbonyl (C=O) groups is 2. The second kappa shape index (κ2) is 10.3. The highest BCUT2D eigenvalue weighted by molar-refractivity contribution is 7.22. The van der Waals surface area contributed by atoms with E-state index in [1.54, 1.807) is 31.8 Å². The van der Waals surface area contributed by atoms with Crippen molar-refractivity contribution in [1.82, 2.24) is 24.5 Å². The molecule has 1 aliphatic heterocycles. The van der Waals surface area contributed by atoms with Crippen LogP contribution in [-0.4, -0.2) is 61.2 Å². The van der Waals surface area contributed by atoms with Crippen molar-refractivity contribution < 1.29 is 14.7 Å². The molecule has 4 heterocycles. The lowest BCUT2D eigenvalue weighted by molar-refractivity contribution is -0.149. The Labute approximate surface area is 229 Å². The first-order valence-electron chi connectivity index (χ1n) is 12.5. The summed E-state index contributed by atoms with van der Waals surface area (Å²) in [7, 11) is 1.88. The zero-order valence-electron chi connectivity index (χ0n) is 21.9. The van der Waals surface area contributed by atoms with Crippen LogP contribution in [0.4, 0.5) is 15.9 Å². The summed E-state index contributed by atoms with van der Waals surface area (Å²) in [5.74, 6) is 6.22. The van der Waals surface area contributed by atoms with Crippen molar-refractivity contribution in [2.24, 2.45) is 18.2 Å². The number of nitrogens with two attached hydrogens (primary N) is 1. The van der Waals surface area contributed by atoms with Gasteiger partial charge in [0.05, 0.1) is 28.2 Å². The molecule has 1 saturated heterocycles. The number of anilines is 2. The van der Waals surface area contributed by atoms with Crippen molar-refractivity contribution in [2.75, 3.05) is 29.4 Å². The first kappa shape index (κ1) is 26.1. The SMILES string of the molecule is CCN(C(N)=O)c1nc2cc(-c3cnc(N4CCC(C)(C(=O)O)CC4)nc3)cc(C#Cc3cncn3C)c2s1. The molecule has 200 valence electrons. The first-order valence-corrected chi connectivity index (χ1v) is 13.3. The number of primary amides is 1. The molecule has 0 atom stereocenters. The maximum atomic E-state index is 12.0. The van der Waals surface area contributed by atoms with Gasteiger partial charge in [0.2, 0.25) is 5.95 Å². The Hall–Kier alpha value is -4.50. The summed E-state index contributed by atoms with van der Waals surface area (Å²) >= 11 is 1.36. The predicted octanol–water partition coefficient (Wildman–Crippen LogP) is 3.48. The molecule has 11 nitrogen and oxygen atoms in total. The van der Waals surface area contributed by atoms with Gasteiger partial charge in [-0.2, -0.15) is 0 Å². The Morgan fingerprint density at radius 1 is 1.15 bits per heavy atom. The lowest BCUT2D eigenvalue weighted by atomic mass is 9.80. The number of carboxylic acid groups (broad SMARTS) is 1. The molecule has 0 spiro atoms. The zero-order chi connectivity index (χ0) is 27.7. The van der Waals surface area contributed by atoms with Crippen LogP contribution in [0.5, 0.6) is 0 Å². The van der Waals surface area contributed by atoms with Gasteiger partial charge in [0, 0.05) is 50.2 Å². The Kier molecular flexibility index (Phi) is 6.93. The zero-order valence-corrected chi connectivity index (χ0v) is 22.7. The summed E-state index contributed by atoms with van der Waals surface area (Å²) in [5, 5.41) is 10.0. The van der Waals surface area contributed by atoms with Crippen LogP contribution in [0.15, 0.2) is 37.1 Å². The minimum Gasteiger partial charge on any atom is -0.481 e. The number of carbonyl (C=O) groups excluding carboxylic acids is 1. The van der Waals surface area contributed by atoms with Crippen molar-refractivity contribution in [3.8, 4) is 23.0 Å². The molecular formula is C27H28N8O3S. The van der Waals surface area contributed by atoms with E-state index < -0.39 is 17.4 Å². The van der Waals surface area contributed by atoms with E-state index in [0.717, 1.165) is 27.1 Å². The standard InChI is InChI=1S/C27H28N8O3S/c1-4-35(24(28)38)26-32-21-12-18(11-17(22(21)39-26)5-6-20-15-29-16-33(20)3)19-13-30-25(31-14-19)34-9-7-27(2,8-10-34)23(36)37/h11-16H,4,7-10H2,1-3H3,(H2,28,38)(H,36,37). The number of hydrogen-bond acceptors (Lipinski definition) is 8. The normalized spacial score (nSPS) is 14.6. The van der Waals surface area contributed by atoms with Gasteiger partial charge in [-0.1, -0.05) is 17.3 Å². The van der Waals surface area contributed by atoms with E-state index in [9.17, 15) is 14.7 Å². The number of carboxylic acids is 1. The molecule has 3 aromatic heterocycles. The van der Waals surface area contributed by atoms with Crippen molar-refractivity contribution in [2.45, 2.75) is 26.7 Å². The Balaban J connectivity index is 1.50. The van der Waals surface area contributed by atoms with Crippen LogP contribution in [0.2, 0.25) is 0 Å². The third-order valence-electron chi connectivity index (χ3n) is 7.07.